The summed E-state index contributed by atoms with van der Waals surface area (Å²) in [6.07, 6.45) is 5.33. The highest BCUT2D eigenvalue weighted by molar-refractivity contribution is 7.22. The molecule has 0 N–H and O–H groups in total. The molecule has 0 spiro atoms. The predicted molar refractivity (Wildman–Crippen MR) is 166 cm³/mol. The maximum atomic E-state index is 6.78. The minimum absolute atomic E-state index is 0.779. The number of hydrogen-bond acceptors (Lipinski definition) is 2. The van der Waals surface area contributed by atoms with Crippen molar-refractivity contribution >= 4 is 50.9 Å². The van der Waals surface area contributed by atoms with E-state index in [0.29, 0.717) is 0 Å². The molecule has 5 rings (SSSR count). The fourth-order valence-electron chi connectivity index (χ4n) is 4.70. The number of anilines is 1. The SMILES string of the molecule is CCc1ccc(-c2ccc3sc(-c4ccc(C=Cc5ccc(N(CC)CC)cc5)cc4Cl)cc3c2)cc1. The molecule has 0 saturated carbocycles. The van der Waals surface area contributed by atoms with Crippen LogP contribution in [0.15, 0.2) is 91.0 Å². The van der Waals surface area contributed by atoms with Crippen LogP contribution >= 0.6 is 22.9 Å². The number of benzene rings is 4. The maximum Gasteiger partial charge on any atom is 0.0498 e. The molecular weight excluding hydrogens is 490 g/mol. The average Bonchev–Trinajstić information content (AvgIpc) is 3.36. The number of aryl methyl sites for hydroxylation is 1. The van der Waals surface area contributed by atoms with Gasteiger partial charge in [0.2, 0.25) is 0 Å². The highest BCUT2D eigenvalue weighted by Crippen LogP contribution is 2.39. The Balaban J connectivity index is 1.35. The van der Waals surface area contributed by atoms with Crippen molar-refractivity contribution in [2.45, 2.75) is 27.2 Å². The molecule has 0 aliphatic heterocycles. The van der Waals surface area contributed by atoms with Gasteiger partial charge in [-0.3, -0.25) is 0 Å². The number of halogens is 1. The summed E-state index contributed by atoms with van der Waals surface area (Å²) in [6, 6.07) is 32.9. The Kier molecular flexibility index (Phi) is 7.79. The molecule has 0 fully saturated rings. The summed E-state index contributed by atoms with van der Waals surface area (Å²) in [4.78, 5) is 3.55. The van der Waals surface area contributed by atoms with Crippen molar-refractivity contribution in [1.82, 2.24) is 0 Å². The summed E-state index contributed by atoms with van der Waals surface area (Å²) in [5.41, 5.74) is 8.49. The molecule has 4 aromatic carbocycles. The van der Waals surface area contributed by atoms with Crippen LogP contribution in [0.2, 0.25) is 5.02 Å². The lowest BCUT2D eigenvalue weighted by Crippen LogP contribution is -2.21. The summed E-state index contributed by atoms with van der Waals surface area (Å²) in [5.74, 6) is 0. The van der Waals surface area contributed by atoms with E-state index in [4.69, 9.17) is 11.6 Å². The van der Waals surface area contributed by atoms with Gasteiger partial charge in [-0.05, 0) is 89.9 Å². The van der Waals surface area contributed by atoms with Crippen LogP contribution in [0, 0.1) is 0 Å². The summed E-state index contributed by atoms with van der Waals surface area (Å²) in [6.45, 7) is 8.60. The molecule has 0 bridgehead atoms. The zero-order valence-electron chi connectivity index (χ0n) is 21.7. The van der Waals surface area contributed by atoms with Gasteiger partial charge in [0.15, 0.2) is 0 Å². The van der Waals surface area contributed by atoms with Crippen LogP contribution in [0.1, 0.15) is 37.5 Å². The van der Waals surface area contributed by atoms with E-state index in [1.807, 2.05) is 0 Å². The van der Waals surface area contributed by atoms with E-state index in [9.17, 15) is 0 Å². The van der Waals surface area contributed by atoms with Gasteiger partial charge in [-0.25, -0.2) is 0 Å². The molecule has 37 heavy (non-hydrogen) atoms. The molecule has 0 amide bonds. The third-order valence-corrected chi connectivity index (χ3v) is 8.42. The van der Waals surface area contributed by atoms with Gasteiger partial charge in [-0.15, -0.1) is 11.3 Å². The smallest absolute Gasteiger partial charge is 0.0498 e. The second-order valence-electron chi connectivity index (χ2n) is 9.25. The molecule has 0 aliphatic rings. The predicted octanol–water partition coefficient (Wildman–Crippen LogP) is 10.5. The standard InChI is InChI=1S/C34H32ClNS/c1-4-24-9-14-27(15-10-24)28-16-20-33-29(22-28)23-34(37-33)31-19-13-26(21-32(31)35)8-7-25-11-17-30(18-12-25)36(5-2)6-3/h7-23H,4-6H2,1-3H3. The fraction of sp³-hybridized carbons (Fsp3) is 0.176. The lowest BCUT2D eigenvalue weighted by molar-refractivity contribution is 0.866. The van der Waals surface area contributed by atoms with Gasteiger partial charge in [0.1, 0.15) is 0 Å². The highest BCUT2D eigenvalue weighted by atomic mass is 35.5. The molecule has 0 saturated heterocycles. The Labute approximate surface area is 229 Å². The molecule has 1 aromatic heterocycles. The molecular formula is C34H32ClNS. The maximum absolute atomic E-state index is 6.78. The largest absolute Gasteiger partial charge is 0.372 e. The van der Waals surface area contributed by atoms with Gasteiger partial charge >= 0.3 is 0 Å². The molecule has 186 valence electrons. The first kappa shape index (κ1) is 25.3. The molecule has 0 unspecified atom stereocenters. The topological polar surface area (TPSA) is 3.24 Å². The first-order valence-corrected chi connectivity index (χ1v) is 14.2. The van der Waals surface area contributed by atoms with Crippen molar-refractivity contribution in [3.8, 4) is 21.6 Å². The first-order chi connectivity index (χ1) is 18.1. The Morgan fingerprint density at radius 2 is 1.38 bits per heavy atom. The molecule has 1 nitrogen and oxygen atoms in total. The fourth-order valence-corrected chi connectivity index (χ4v) is 6.13. The Hall–Kier alpha value is -3.33. The minimum Gasteiger partial charge on any atom is -0.372 e. The van der Waals surface area contributed by atoms with Crippen LogP contribution in [0.3, 0.4) is 0 Å². The normalized spacial score (nSPS) is 11.5. The van der Waals surface area contributed by atoms with E-state index in [0.717, 1.165) is 35.7 Å². The van der Waals surface area contributed by atoms with Gasteiger partial charge in [0, 0.05) is 38.9 Å². The summed E-state index contributed by atoms with van der Waals surface area (Å²) in [7, 11) is 0. The number of hydrogen-bond donors (Lipinski definition) is 0. The van der Waals surface area contributed by atoms with Crippen molar-refractivity contribution in [3.05, 3.63) is 113 Å². The van der Waals surface area contributed by atoms with Crippen molar-refractivity contribution in [1.29, 1.82) is 0 Å². The van der Waals surface area contributed by atoms with Crippen molar-refractivity contribution in [2.75, 3.05) is 18.0 Å². The van der Waals surface area contributed by atoms with Gasteiger partial charge < -0.3 is 4.90 Å². The number of thiophene rings is 1. The van der Waals surface area contributed by atoms with Gasteiger partial charge in [-0.2, -0.15) is 0 Å². The van der Waals surface area contributed by atoms with E-state index >= 15 is 0 Å². The van der Waals surface area contributed by atoms with Crippen LogP contribution in [-0.4, -0.2) is 13.1 Å². The minimum atomic E-state index is 0.779. The average molecular weight is 522 g/mol. The Morgan fingerprint density at radius 3 is 2.05 bits per heavy atom. The van der Waals surface area contributed by atoms with E-state index in [1.54, 1.807) is 11.3 Å². The van der Waals surface area contributed by atoms with Crippen LogP contribution in [0.5, 0.6) is 0 Å². The molecule has 0 aliphatic carbocycles. The molecule has 5 aromatic rings. The molecule has 0 atom stereocenters. The van der Waals surface area contributed by atoms with Crippen LogP contribution in [0.4, 0.5) is 5.69 Å². The zero-order valence-corrected chi connectivity index (χ0v) is 23.2. The Morgan fingerprint density at radius 1 is 0.703 bits per heavy atom. The second-order valence-corrected chi connectivity index (χ2v) is 10.7. The van der Waals surface area contributed by atoms with Crippen LogP contribution < -0.4 is 4.90 Å². The monoisotopic (exact) mass is 521 g/mol. The van der Waals surface area contributed by atoms with E-state index < -0.39 is 0 Å². The van der Waals surface area contributed by atoms with Crippen molar-refractivity contribution in [3.63, 3.8) is 0 Å². The quantitative estimate of drug-likeness (QED) is 0.183. The van der Waals surface area contributed by atoms with Gasteiger partial charge in [0.05, 0.1) is 0 Å². The zero-order chi connectivity index (χ0) is 25.8. The van der Waals surface area contributed by atoms with E-state index in [1.165, 1.54) is 42.9 Å². The molecule has 3 heteroatoms. The number of nitrogens with zero attached hydrogens (tertiary/aromatic N) is 1. The van der Waals surface area contributed by atoms with Gasteiger partial charge in [0.25, 0.3) is 0 Å². The first-order valence-electron chi connectivity index (χ1n) is 13.0. The van der Waals surface area contributed by atoms with E-state index in [-0.39, 0.29) is 0 Å². The number of fused-ring (bicyclic) bond motifs is 1. The van der Waals surface area contributed by atoms with Crippen LogP contribution in [-0.2, 0) is 6.42 Å². The van der Waals surface area contributed by atoms with Crippen LogP contribution in [0.25, 0.3) is 43.8 Å². The lowest BCUT2D eigenvalue weighted by Gasteiger charge is -2.20. The van der Waals surface area contributed by atoms with Crippen molar-refractivity contribution < 1.29 is 0 Å². The Bertz CT molecular complexity index is 1520. The third-order valence-electron chi connectivity index (χ3n) is 6.96. The lowest BCUT2D eigenvalue weighted by atomic mass is 10.0. The van der Waals surface area contributed by atoms with E-state index in [2.05, 4.69) is 129 Å². The number of rotatable bonds is 8. The van der Waals surface area contributed by atoms with Crippen molar-refractivity contribution in [2.24, 2.45) is 0 Å². The summed E-state index contributed by atoms with van der Waals surface area (Å²) < 4.78 is 1.28. The third kappa shape index (κ3) is 5.66. The highest BCUT2D eigenvalue weighted by Gasteiger charge is 2.10. The molecule has 0 radical (unpaired) electrons. The second kappa shape index (κ2) is 11.4. The summed E-state index contributed by atoms with van der Waals surface area (Å²) in [5, 5.41) is 2.03. The van der Waals surface area contributed by atoms with Gasteiger partial charge in [-0.1, -0.05) is 85.3 Å². The molecule has 1 heterocycles. The summed E-state index contributed by atoms with van der Waals surface area (Å²) >= 11 is 8.58.